The first-order chi connectivity index (χ1) is 10.2. The second-order valence-corrected chi connectivity index (χ2v) is 6.63. The summed E-state index contributed by atoms with van der Waals surface area (Å²) in [4.78, 5) is 14.6. The van der Waals surface area contributed by atoms with Crippen LogP contribution in [-0.4, -0.2) is 23.9 Å². The Hall–Kier alpha value is -1.65. The van der Waals surface area contributed by atoms with Crippen molar-refractivity contribution in [2.24, 2.45) is 0 Å². The van der Waals surface area contributed by atoms with Gasteiger partial charge in [-0.1, -0.05) is 24.3 Å². The Morgan fingerprint density at radius 2 is 2.19 bits per heavy atom. The number of fused-ring (bicyclic) bond motifs is 2. The highest BCUT2D eigenvalue weighted by atomic mass is 32.1. The van der Waals surface area contributed by atoms with E-state index in [9.17, 15) is 4.79 Å². The van der Waals surface area contributed by atoms with E-state index in [1.807, 2.05) is 28.7 Å². The van der Waals surface area contributed by atoms with E-state index in [0.29, 0.717) is 13.2 Å². The van der Waals surface area contributed by atoms with Crippen LogP contribution in [0.15, 0.2) is 35.0 Å². The van der Waals surface area contributed by atoms with Crippen LogP contribution in [0.3, 0.4) is 0 Å². The number of rotatable bonds is 1. The fraction of sp³-hybridized carbons (Fsp3) is 0.353. The van der Waals surface area contributed by atoms with Crippen LogP contribution in [0.25, 0.3) is 0 Å². The molecule has 1 atom stereocenters. The van der Waals surface area contributed by atoms with Crippen LogP contribution in [0, 0.1) is 6.92 Å². The van der Waals surface area contributed by atoms with E-state index in [0.717, 1.165) is 24.1 Å². The first kappa shape index (κ1) is 13.0. The van der Waals surface area contributed by atoms with Crippen molar-refractivity contribution < 1.29 is 9.53 Å². The summed E-state index contributed by atoms with van der Waals surface area (Å²) in [6.45, 7) is 4.09. The van der Waals surface area contributed by atoms with Crippen molar-refractivity contribution >= 4 is 17.2 Å². The van der Waals surface area contributed by atoms with Gasteiger partial charge in [0.25, 0.3) is 5.91 Å². The molecule has 1 spiro atoms. The summed E-state index contributed by atoms with van der Waals surface area (Å²) >= 11 is 1.59. The summed E-state index contributed by atoms with van der Waals surface area (Å²) in [5.74, 6) is 0.138. The fourth-order valence-electron chi connectivity index (χ4n) is 3.43. The smallest absolute Gasteiger partial charge is 0.255 e. The Labute approximate surface area is 128 Å². The third kappa shape index (κ3) is 1.93. The normalized spacial score (nSPS) is 23.8. The van der Waals surface area contributed by atoms with Crippen LogP contribution >= 0.6 is 11.3 Å². The van der Waals surface area contributed by atoms with Crippen molar-refractivity contribution in [3.05, 3.63) is 57.3 Å². The van der Waals surface area contributed by atoms with E-state index in [1.54, 1.807) is 11.3 Å². The number of carbonyl (C=O) groups excluding carboxylic acids is 1. The fourth-order valence-corrected chi connectivity index (χ4v) is 4.25. The van der Waals surface area contributed by atoms with Gasteiger partial charge in [-0.25, -0.2) is 0 Å². The SMILES string of the molecule is Cc1cscc1C(=O)N1CCC2(C1)OCc1ccccc12. The Morgan fingerprint density at radius 1 is 1.33 bits per heavy atom. The van der Waals surface area contributed by atoms with Gasteiger partial charge in [-0.2, -0.15) is 11.3 Å². The molecule has 0 saturated carbocycles. The minimum Gasteiger partial charge on any atom is -0.364 e. The van der Waals surface area contributed by atoms with Crippen molar-refractivity contribution in [3.8, 4) is 0 Å². The summed E-state index contributed by atoms with van der Waals surface area (Å²) in [6, 6.07) is 8.38. The monoisotopic (exact) mass is 299 g/mol. The molecule has 0 N–H and O–H groups in total. The second kappa shape index (κ2) is 4.68. The molecule has 0 radical (unpaired) electrons. The van der Waals surface area contributed by atoms with Gasteiger partial charge in [0, 0.05) is 11.9 Å². The van der Waals surface area contributed by atoms with Gasteiger partial charge < -0.3 is 9.64 Å². The van der Waals surface area contributed by atoms with Gasteiger partial charge in [-0.15, -0.1) is 0 Å². The highest BCUT2D eigenvalue weighted by molar-refractivity contribution is 7.08. The third-order valence-electron chi connectivity index (χ3n) is 4.62. The second-order valence-electron chi connectivity index (χ2n) is 5.89. The van der Waals surface area contributed by atoms with Crippen molar-refractivity contribution in [1.29, 1.82) is 0 Å². The number of ether oxygens (including phenoxy) is 1. The maximum atomic E-state index is 12.7. The predicted octanol–water partition coefficient (Wildman–Crippen LogP) is 3.33. The number of carbonyl (C=O) groups is 1. The largest absolute Gasteiger partial charge is 0.364 e. The Morgan fingerprint density at radius 3 is 3.00 bits per heavy atom. The first-order valence-corrected chi connectivity index (χ1v) is 8.18. The van der Waals surface area contributed by atoms with Gasteiger partial charge in [0.2, 0.25) is 0 Å². The zero-order valence-electron chi connectivity index (χ0n) is 12.0. The molecule has 21 heavy (non-hydrogen) atoms. The van der Waals surface area contributed by atoms with Gasteiger partial charge in [-0.05, 0) is 35.4 Å². The zero-order chi connectivity index (χ0) is 14.4. The van der Waals surface area contributed by atoms with Crippen molar-refractivity contribution in [2.45, 2.75) is 25.6 Å². The lowest BCUT2D eigenvalue weighted by Crippen LogP contribution is -2.34. The maximum Gasteiger partial charge on any atom is 0.255 e. The molecular weight excluding hydrogens is 282 g/mol. The maximum absolute atomic E-state index is 12.7. The molecule has 4 rings (SSSR count). The summed E-state index contributed by atoms with van der Waals surface area (Å²) in [7, 11) is 0. The van der Waals surface area contributed by atoms with E-state index < -0.39 is 0 Å². The van der Waals surface area contributed by atoms with Gasteiger partial charge in [-0.3, -0.25) is 4.79 Å². The zero-order valence-corrected chi connectivity index (χ0v) is 12.8. The highest BCUT2D eigenvalue weighted by Gasteiger charge is 2.46. The van der Waals surface area contributed by atoms with Gasteiger partial charge in [0.15, 0.2) is 0 Å². The summed E-state index contributed by atoms with van der Waals surface area (Å²) in [5, 5.41) is 3.98. The lowest BCUT2D eigenvalue weighted by Gasteiger charge is -2.24. The minimum absolute atomic E-state index is 0.138. The number of benzene rings is 1. The lowest BCUT2D eigenvalue weighted by atomic mass is 9.92. The number of amides is 1. The minimum atomic E-state index is -0.282. The summed E-state index contributed by atoms with van der Waals surface area (Å²) < 4.78 is 6.11. The van der Waals surface area contributed by atoms with E-state index in [4.69, 9.17) is 4.74 Å². The standard InChI is InChI=1S/C17H17NO2S/c1-12-9-21-10-14(12)16(19)18-7-6-17(11-18)15-5-3-2-4-13(15)8-20-17/h2-5,9-10H,6-8,11H2,1H3. The number of aryl methyl sites for hydroxylation is 1. The van der Waals surface area contributed by atoms with Crippen LogP contribution in [0.1, 0.15) is 33.5 Å². The molecule has 1 aromatic carbocycles. The topological polar surface area (TPSA) is 29.5 Å². The average molecular weight is 299 g/mol. The molecular formula is C17H17NO2S. The molecule has 1 fully saturated rings. The number of nitrogens with zero attached hydrogens (tertiary/aromatic N) is 1. The van der Waals surface area contributed by atoms with Crippen LogP contribution < -0.4 is 0 Å². The molecule has 2 aromatic rings. The highest BCUT2D eigenvalue weighted by Crippen LogP contribution is 2.43. The van der Waals surface area contributed by atoms with Crippen molar-refractivity contribution in [1.82, 2.24) is 4.90 Å². The molecule has 4 heteroatoms. The third-order valence-corrected chi connectivity index (χ3v) is 5.48. The van der Waals surface area contributed by atoms with E-state index in [-0.39, 0.29) is 11.5 Å². The van der Waals surface area contributed by atoms with Gasteiger partial charge in [0.1, 0.15) is 5.60 Å². The summed E-state index contributed by atoms with van der Waals surface area (Å²) in [5.41, 5.74) is 4.15. The predicted molar refractivity (Wildman–Crippen MR) is 82.5 cm³/mol. The summed E-state index contributed by atoms with van der Waals surface area (Å²) in [6.07, 6.45) is 0.888. The number of hydrogen-bond acceptors (Lipinski definition) is 3. The molecule has 108 valence electrons. The number of thiophene rings is 1. The molecule has 1 saturated heterocycles. The van der Waals surface area contributed by atoms with Crippen LogP contribution in [0.2, 0.25) is 0 Å². The first-order valence-electron chi connectivity index (χ1n) is 7.24. The molecule has 1 amide bonds. The quantitative estimate of drug-likeness (QED) is 0.808. The Balaban J connectivity index is 1.62. The van der Waals surface area contributed by atoms with Gasteiger partial charge >= 0.3 is 0 Å². The Bertz CT molecular complexity index is 708. The molecule has 1 unspecified atom stereocenters. The van der Waals surface area contributed by atoms with E-state index in [2.05, 4.69) is 18.2 Å². The van der Waals surface area contributed by atoms with Crippen molar-refractivity contribution in [3.63, 3.8) is 0 Å². The van der Waals surface area contributed by atoms with Crippen LogP contribution in [0.5, 0.6) is 0 Å². The molecule has 3 nitrogen and oxygen atoms in total. The van der Waals surface area contributed by atoms with E-state index in [1.165, 1.54) is 11.1 Å². The Kier molecular flexibility index (Phi) is 2.91. The molecule has 0 aliphatic carbocycles. The molecule has 0 bridgehead atoms. The molecule has 3 heterocycles. The number of likely N-dealkylation sites (tertiary alicyclic amines) is 1. The van der Waals surface area contributed by atoms with Crippen LogP contribution in [0.4, 0.5) is 0 Å². The van der Waals surface area contributed by atoms with Crippen LogP contribution in [-0.2, 0) is 16.9 Å². The average Bonchev–Trinajstić information content (AvgIpc) is 3.20. The molecule has 1 aromatic heterocycles. The van der Waals surface area contributed by atoms with E-state index >= 15 is 0 Å². The van der Waals surface area contributed by atoms with Crippen molar-refractivity contribution in [2.75, 3.05) is 13.1 Å². The molecule has 2 aliphatic rings. The number of hydrogen-bond donors (Lipinski definition) is 0. The lowest BCUT2D eigenvalue weighted by molar-refractivity contribution is -0.0283. The molecule has 2 aliphatic heterocycles. The van der Waals surface area contributed by atoms with Gasteiger partial charge in [0.05, 0.1) is 18.7 Å².